The number of halogens is 1. The van der Waals surface area contributed by atoms with Crippen LogP contribution >= 0.6 is 11.6 Å². The Hall–Kier alpha value is -2.00. The maximum absolute atomic E-state index is 10.4. The average molecular weight is 360 g/mol. The monoisotopic (exact) mass is 359 g/mol. The lowest BCUT2D eigenvalue weighted by molar-refractivity contribution is 0.319. The third-order valence-electron chi connectivity index (χ3n) is 4.55. The highest BCUT2D eigenvalue weighted by Crippen LogP contribution is 2.35. The maximum Gasteiger partial charge on any atom is 0.143 e. The standard InChI is InChI=1S/C21H26ClNO2/c1-3-4-5-7-10-15(2)17-13-18(21(24)19(22)14-17)20(23-25)16-11-8-6-9-12-16/h6,8-9,11-15,24-25H,3-5,7,10H2,1-2H3. The lowest BCUT2D eigenvalue weighted by atomic mass is 9.91. The van der Waals surface area contributed by atoms with Crippen LogP contribution in [0.15, 0.2) is 47.6 Å². The molecule has 0 heterocycles. The first-order valence-corrected chi connectivity index (χ1v) is 9.26. The third kappa shape index (κ3) is 4.99. The number of hydrogen-bond donors (Lipinski definition) is 2. The molecule has 2 aromatic carbocycles. The molecule has 4 heteroatoms. The molecule has 1 unspecified atom stereocenters. The zero-order valence-corrected chi connectivity index (χ0v) is 15.6. The predicted octanol–water partition coefficient (Wildman–Crippen LogP) is 6.35. The van der Waals surface area contributed by atoms with Gasteiger partial charge in [-0.2, -0.15) is 0 Å². The van der Waals surface area contributed by atoms with Crippen LogP contribution in [0.3, 0.4) is 0 Å². The zero-order chi connectivity index (χ0) is 18.2. The largest absolute Gasteiger partial charge is 0.506 e. The van der Waals surface area contributed by atoms with E-state index < -0.39 is 0 Å². The van der Waals surface area contributed by atoms with E-state index in [4.69, 9.17) is 11.6 Å². The van der Waals surface area contributed by atoms with Crippen LogP contribution < -0.4 is 0 Å². The highest BCUT2D eigenvalue weighted by atomic mass is 35.5. The molecule has 0 saturated carbocycles. The summed E-state index contributed by atoms with van der Waals surface area (Å²) in [5.74, 6) is 0.268. The molecule has 2 rings (SSSR count). The van der Waals surface area contributed by atoms with E-state index in [1.807, 2.05) is 42.5 Å². The fraction of sp³-hybridized carbons (Fsp3) is 0.381. The Balaban J connectivity index is 2.31. The van der Waals surface area contributed by atoms with E-state index in [-0.39, 0.29) is 10.8 Å². The van der Waals surface area contributed by atoms with Gasteiger partial charge < -0.3 is 10.3 Å². The van der Waals surface area contributed by atoms with E-state index in [9.17, 15) is 10.3 Å². The molecular formula is C21H26ClNO2. The minimum absolute atomic E-state index is 0.0553. The van der Waals surface area contributed by atoms with Crippen molar-refractivity contribution in [2.75, 3.05) is 0 Å². The topological polar surface area (TPSA) is 52.8 Å². The summed E-state index contributed by atoms with van der Waals surface area (Å²) in [4.78, 5) is 0. The predicted molar refractivity (Wildman–Crippen MR) is 104 cm³/mol. The molecule has 0 radical (unpaired) electrons. The lowest BCUT2D eigenvalue weighted by Gasteiger charge is -2.16. The van der Waals surface area contributed by atoms with E-state index in [2.05, 4.69) is 19.0 Å². The zero-order valence-electron chi connectivity index (χ0n) is 14.9. The number of oxime groups is 1. The first-order valence-electron chi connectivity index (χ1n) is 8.88. The van der Waals surface area contributed by atoms with Gasteiger partial charge in [0, 0.05) is 11.1 Å². The van der Waals surface area contributed by atoms with Gasteiger partial charge in [-0.1, -0.05) is 86.6 Å². The van der Waals surface area contributed by atoms with Crippen molar-refractivity contribution in [3.05, 3.63) is 64.2 Å². The van der Waals surface area contributed by atoms with Gasteiger partial charge in [-0.25, -0.2) is 0 Å². The fourth-order valence-electron chi connectivity index (χ4n) is 2.99. The first-order chi connectivity index (χ1) is 12.1. The molecule has 3 nitrogen and oxygen atoms in total. The molecular weight excluding hydrogens is 334 g/mol. The molecule has 25 heavy (non-hydrogen) atoms. The molecule has 2 aromatic rings. The van der Waals surface area contributed by atoms with Crippen LogP contribution in [0.5, 0.6) is 5.75 Å². The molecule has 0 bridgehead atoms. The molecule has 0 saturated heterocycles. The van der Waals surface area contributed by atoms with Crippen molar-refractivity contribution in [1.29, 1.82) is 0 Å². The number of benzene rings is 2. The molecule has 0 amide bonds. The van der Waals surface area contributed by atoms with Crippen molar-refractivity contribution >= 4 is 17.3 Å². The van der Waals surface area contributed by atoms with Crippen molar-refractivity contribution < 1.29 is 10.3 Å². The van der Waals surface area contributed by atoms with Gasteiger partial charge >= 0.3 is 0 Å². The molecule has 0 aliphatic heterocycles. The van der Waals surface area contributed by atoms with Gasteiger partial charge in [0.25, 0.3) is 0 Å². The molecule has 1 atom stereocenters. The normalized spacial score (nSPS) is 13.0. The van der Waals surface area contributed by atoms with Gasteiger partial charge in [-0.15, -0.1) is 0 Å². The molecule has 0 aliphatic carbocycles. The Labute approximate surface area is 155 Å². The lowest BCUT2D eigenvalue weighted by Crippen LogP contribution is -2.06. The number of hydrogen-bond acceptors (Lipinski definition) is 3. The van der Waals surface area contributed by atoms with Crippen LogP contribution in [-0.2, 0) is 0 Å². The van der Waals surface area contributed by atoms with Crippen molar-refractivity contribution in [3.63, 3.8) is 0 Å². The first kappa shape index (κ1) is 19.3. The highest BCUT2D eigenvalue weighted by molar-refractivity contribution is 6.33. The van der Waals surface area contributed by atoms with Gasteiger partial charge in [-0.3, -0.25) is 0 Å². The minimum Gasteiger partial charge on any atom is -0.506 e. The van der Waals surface area contributed by atoms with Gasteiger partial charge in [0.1, 0.15) is 11.5 Å². The molecule has 0 aromatic heterocycles. The minimum atomic E-state index is -0.0553. The summed E-state index contributed by atoms with van der Waals surface area (Å²) in [6, 6.07) is 13.0. The number of rotatable bonds is 8. The Kier molecular flexibility index (Phi) is 7.32. The third-order valence-corrected chi connectivity index (χ3v) is 4.84. The fourth-order valence-corrected chi connectivity index (χ4v) is 3.22. The van der Waals surface area contributed by atoms with Crippen LogP contribution in [0.4, 0.5) is 0 Å². The second-order valence-electron chi connectivity index (χ2n) is 6.46. The summed E-state index contributed by atoms with van der Waals surface area (Å²) in [5.41, 5.74) is 2.55. The van der Waals surface area contributed by atoms with Gasteiger partial charge in [0.15, 0.2) is 0 Å². The quantitative estimate of drug-likeness (QED) is 0.250. The second kappa shape index (κ2) is 9.47. The Morgan fingerprint density at radius 3 is 2.48 bits per heavy atom. The second-order valence-corrected chi connectivity index (χ2v) is 6.87. The number of phenolic OH excluding ortho intramolecular Hbond substituents is 1. The molecule has 0 fully saturated rings. The Morgan fingerprint density at radius 1 is 1.12 bits per heavy atom. The number of phenols is 1. The summed E-state index contributed by atoms with van der Waals surface area (Å²) in [6.07, 6.45) is 5.94. The van der Waals surface area contributed by atoms with Gasteiger partial charge in [0.05, 0.1) is 5.02 Å². The van der Waals surface area contributed by atoms with Crippen LogP contribution in [-0.4, -0.2) is 16.0 Å². The van der Waals surface area contributed by atoms with Crippen LogP contribution in [0.2, 0.25) is 5.02 Å². The molecule has 2 N–H and O–H groups in total. The van der Waals surface area contributed by atoms with E-state index in [1.54, 1.807) is 0 Å². The van der Waals surface area contributed by atoms with Crippen molar-refractivity contribution in [2.24, 2.45) is 5.16 Å². The molecule has 0 aliphatic rings. The van der Waals surface area contributed by atoms with Crippen LogP contribution in [0.1, 0.15) is 68.6 Å². The summed E-state index contributed by atoms with van der Waals surface area (Å²) in [6.45, 7) is 4.37. The SMILES string of the molecule is CCCCCCC(C)c1cc(Cl)c(O)c(C(=NO)c2ccccc2)c1. The van der Waals surface area contributed by atoms with Crippen LogP contribution in [0, 0.1) is 0 Å². The van der Waals surface area contributed by atoms with E-state index in [1.165, 1.54) is 25.7 Å². The van der Waals surface area contributed by atoms with Crippen molar-refractivity contribution in [2.45, 2.75) is 51.9 Å². The number of nitrogens with zero attached hydrogens (tertiary/aromatic N) is 1. The molecule has 0 spiro atoms. The van der Waals surface area contributed by atoms with Gasteiger partial charge in [0.2, 0.25) is 0 Å². The number of aromatic hydroxyl groups is 1. The summed E-state index contributed by atoms with van der Waals surface area (Å²) in [5, 5.41) is 23.6. The Bertz CT molecular complexity index is 713. The van der Waals surface area contributed by atoms with E-state index >= 15 is 0 Å². The summed E-state index contributed by atoms with van der Waals surface area (Å²) < 4.78 is 0. The number of unbranched alkanes of at least 4 members (excludes halogenated alkanes) is 3. The Morgan fingerprint density at radius 2 is 1.84 bits per heavy atom. The summed E-state index contributed by atoms with van der Waals surface area (Å²) in [7, 11) is 0. The van der Waals surface area contributed by atoms with Crippen molar-refractivity contribution in [3.8, 4) is 5.75 Å². The molecule has 134 valence electrons. The van der Waals surface area contributed by atoms with Crippen molar-refractivity contribution in [1.82, 2.24) is 0 Å². The summed E-state index contributed by atoms with van der Waals surface area (Å²) >= 11 is 6.25. The highest BCUT2D eigenvalue weighted by Gasteiger charge is 2.18. The maximum atomic E-state index is 10.4. The van der Waals surface area contributed by atoms with Crippen LogP contribution in [0.25, 0.3) is 0 Å². The van der Waals surface area contributed by atoms with Gasteiger partial charge in [-0.05, 0) is 30.0 Å². The van der Waals surface area contributed by atoms with E-state index in [0.717, 1.165) is 17.5 Å². The smallest absolute Gasteiger partial charge is 0.143 e. The average Bonchev–Trinajstić information content (AvgIpc) is 2.63. The van der Waals surface area contributed by atoms with E-state index in [0.29, 0.717) is 17.2 Å².